The molecule has 1 amide bonds. The van der Waals surface area contributed by atoms with E-state index in [4.69, 9.17) is 9.72 Å². The summed E-state index contributed by atoms with van der Waals surface area (Å²) in [5.41, 5.74) is 3.92. The third-order valence-corrected chi connectivity index (χ3v) is 5.97. The van der Waals surface area contributed by atoms with Gasteiger partial charge < -0.3 is 10.1 Å². The van der Waals surface area contributed by atoms with E-state index in [-0.39, 0.29) is 11.9 Å². The molecule has 33 heavy (non-hydrogen) atoms. The number of nitrogens with one attached hydrogen (secondary N) is 1. The van der Waals surface area contributed by atoms with Gasteiger partial charge in [-0.3, -0.25) is 19.6 Å². The van der Waals surface area contributed by atoms with Crippen LogP contribution in [-0.2, 0) is 16.1 Å². The lowest BCUT2D eigenvalue weighted by Gasteiger charge is -2.34. The van der Waals surface area contributed by atoms with Crippen molar-refractivity contribution in [1.82, 2.24) is 14.8 Å². The standard InChI is InChI=1S/C26H30N4O3/c1-3-33-26(32)25-19(2)21-11-7-8-12-22(21)28-23(25)17-29-13-15-30(16-14-29)18-24(31)27-20-9-5-4-6-10-20/h4-12H,3,13-18H2,1-2H3,(H,27,31). The van der Waals surface area contributed by atoms with Gasteiger partial charge in [-0.05, 0) is 37.6 Å². The van der Waals surface area contributed by atoms with Crippen molar-refractivity contribution in [3.8, 4) is 0 Å². The molecule has 0 spiro atoms. The lowest BCUT2D eigenvalue weighted by Crippen LogP contribution is -2.48. The number of pyridine rings is 1. The van der Waals surface area contributed by atoms with Gasteiger partial charge in [0.1, 0.15) is 0 Å². The average Bonchev–Trinajstić information content (AvgIpc) is 2.81. The molecule has 1 aliphatic rings. The second kappa shape index (κ2) is 10.6. The minimum Gasteiger partial charge on any atom is -0.462 e. The Balaban J connectivity index is 1.41. The first-order valence-electron chi connectivity index (χ1n) is 11.4. The molecule has 0 unspecified atom stereocenters. The maximum absolute atomic E-state index is 12.8. The van der Waals surface area contributed by atoms with E-state index in [2.05, 4.69) is 15.1 Å². The number of rotatable bonds is 7. The molecule has 0 bridgehead atoms. The summed E-state index contributed by atoms with van der Waals surface area (Å²) in [6.45, 7) is 8.20. The minimum absolute atomic E-state index is 0.00827. The topological polar surface area (TPSA) is 74.8 Å². The number of aryl methyl sites for hydroxylation is 1. The van der Waals surface area contributed by atoms with Crippen LogP contribution >= 0.6 is 0 Å². The Labute approximate surface area is 194 Å². The van der Waals surface area contributed by atoms with Crippen molar-refractivity contribution in [3.63, 3.8) is 0 Å². The normalized spacial score (nSPS) is 14.8. The molecule has 0 atom stereocenters. The van der Waals surface area contributed by atoms with E-state index >= 15 is 0 Å². The van der Waals surface area contributed by atoms with Crippen LogP contribution in [-0.4, -0.2) is 66.0 Å². The fraction of sp³-hybridized carbons (Fsp3) is 0.346. The van der Waals surface area contributed by atoms with E-state index in [1.165, 1.54) is 0 Å². The van der Waals surface area contributed by atoms with Gasteiger partial charge in [-0.25, -0.2) is 4.79 Å². The number of benzene rings is 2. The average molecular weight is 447 g/mol. The maximum atomic E-state index is 12.8. The lowest BCUT2D eigenvalue weighted by molar-refractivity contribution is -0.117. The molecule has 1 saturated heterocycles. The van der Waals surface area contributed by atoms with Gasteiger partial charge in [0.25, 0.3) is 0 Å². The van der Waals surface area contributed by atoms with Crippen LogP contribution in [0.4, 0.5) is 5.69 Å². The number of anilines is 1. The second-order valence-electron chi connectivity index (χ2n) is 8.26. The Morgan fingerprint density at radius 3 is 2.36 bits per heavy atom. The van der Waals surface area contributed by atoms with Crippen molar-refractivity contribution in [1.29, 1.82) is 0 Å². The molecule has 2 aromatic carbocycles. The molecule has 0 saturated carbocycles. The van der Waals surface area contributed by atoms with Crippen molar-refractivity contribution >= 4 is 28.5 Å². The molecule has 0 radical (unpaired) electrons. The highest BCUT2D eigenvalue weighted by Crippen LogP contribution is 2.25. The zero-order valence-electron chi connectivity index (χ0n) is 19.2. The van der Waals surface area contributed by atoms with Gasteiger partial charge in [0, 0.05) is 43.8 Å². The molecule has 1 aromatic heterocycles. The first-order valence-corrected chi connectivity index (χ1v) is 11.4. The summed E-state index contributed by atoms with van der Waals surface area (Å²) in [7, 11) is 0. The molecule has 0 aliphatic carbocycles. The Morgan fingerprint density at radius 1 is 0.970 bits per heavy atom. The summed E-state index contributed by atoms with van der Waals surface area (Å²) in [4.78, 5) is 34.4. The highest BCUT2D eigenvalue weighted by Gasteiger charge is 2.24. The summed E-state index contributed by atoms with van der Waals surface area (Å²) >= 11 is 0. The number of carbonyl (C=O) groups excluding carboxylic acids is 2. The van der Waals surface area contributed by atoms with Gasteiger partial charge >= 0.3 is 5.97 Å². The fourth-order valence-corrected chi connectivity index (χ4v) is 4.27. The largest absolute Gasteiger partial charge is 0.462 e. The lowest BCUT2D eigenvalue weighted by atomic mass is 10.0. The van der Waals surface area contributed by atoms with Gasteiger partial charge in [-0.2, -0.15) is 0 Å². The predicted octanol–water partition coefficient (Wildman–Crippen LogP) is 3.48. The number of esters is 1. The van der Waals surface area contributed by atoms with Crippen LogP contribution in [0.1, 0.15) is 28.5 Å². The number of aromatic nitrogens is 1. The van der Waals surface area contributed by atoms with E-state index in [9.17, 15) is 9.59 Å². The molecule has 1 fully saturated rings. The molecule has 2 heterocycles. The van der Waals surface area contributed by atoms with E-state index in [1.807, 2.05) is 68.4 Å². The quantitative estimate of drug-likeness (QED) is 0.560. The molecule has 172 valence electrons. The highest BCUT2D eigenvalue weighted by atomic mass is 16.5. The molecule has 4 rings (SSSR count). The van der Waals surface area contributed by atoms with Crippen molar-refractivity contribution in [2.45, 2.75) is 20.4 Å². The summed E-state index contributed by atoms with van der Waals surface area (Å²) < 4.78 is 5.35. The van der Waals surface area contributed by atoms with Gasteiger partial charge in [-0.1, -0.05) is 36.4 Å². The molecular formula is C26H30N4O3. The van der Waals surface area contributed by atoms with Crippen LogP contribution in [0.2, 0.25) is 0 Å². The second-order valence-corrected chi connectivity index (χ2v) is 8.26. The van der Waals surface area contributed by atoms with Crippen LogP contribution in [0.5, 0.6) is 0 Å². The SMILES string of the molecule is CCOC(=O)c1c(CN2CCN(CC(=O)Nc3ccccc3)CC2)nc2ccccc2c1C. The summed E-state index contributed by atoms with van der Waals surface area (Å²) in [5.74, 6) is -0.328. The zero-order chi connectivity index (χ0) is 23.2. The fourth-order valence-electron chi connectivity index (χ4n) is 4.27. The highest BCUT2D eigenvalue weighted by molar-refractivity contribution is 5.98. The van der Waals surface area contributed by atoms with Gasteiger partial charge in [-0.15, -0.1) is 0 Å². The van der Waals surface area contributed by atoms with Crippen molar-refractivity contribution in [2.75, 3.05) is 44.6 Å². The van der Waals surface area contributed by atoms with Gasteiger partial charge in [0.05, 0.1) is 29.9 Å². The van der Waals surface area contributed by atoms with E-state index < -0.39 is 0 Å². The Kier molecular flexibility index (Phi) is 7.32. The summed E-state index contributed by atoms with van der Waals surface area (Å²) in [6, 6.07) is 17.4. The number of piperazine rings is 1. The molecule has 1 N–H and O–H groups in total. The first kappa shape index (κ1) is 22.9. The number of nitrogens with zero attached hydrogens (tertiary/aromatic N) is 3. The van der Waals surface area contributed by atoms with E-state index in [0.29, 0.717) is 25.3 Å². The van der Waals surface area contributed by atoms with E-state index in [0.717, 1.165) is 54.0 Å². The number of para-hydroxylation sites is 2. The van der Waals surface area contributed by atoms with Crippen LogP contribution in [0.3, 0.4) is 0 Å². The van der Waals surface area contributed by atoms with Crippen LogP contribution < -0.4 is 5.32 Å². The summed E-state index contributed by atoms with van der Waals surface area (Å²) in [6.07, 6.45) is 0. The summed E-state index contributed by atoms with van der Waals surface area (Å²) in [5, 5.41) is 3.91. The van der Waals surface area contributed by atoms with Crippen LogP contribution in [0.25, 0.3) is 10.9 Å². The Hall–Kier alpha value is -3.29. The number of fused-ring (bicyclic) bond motifs is 1. The number of amides is 1. The third kappa shape index (κ3) is 5.56. The molecule has 7 heteroatoms. The predicted molar refractivity (Wildman–Crippen MR) is 129 cm³/mol. The Morgan fingerprint density at radius 2 is 1.64 bits per heavy atom. The smallest absolute Gasteiger partial charge is 0.340 e. The molecule has 1 aliphatic heterocycles. The van der Waals surface area contributed by atoms with Crippen molar-refractivity contribution in [3.05, 3.63) is 71.4 Å². The minimum atomic E-state index is -0.320. The zero-order valence-corrected chi connectivity index (χ0v) is 19.2. The number of carbonyl (C=O) groups is 2. The number of hydrogen-bond donors (Lipinski definition) is 1. The van der Waals surface area contributed by atoms with Crippen LogP contribution in [0, 0.1) is 6.92 Å². The molecular weight excluding hydrogens is 416 g/mol. The van der Waals surface area contributed by atoms with Gasteiger partial charge in [0.2, 0.25) is 5.91 Å². The monoisotopic (exact) mass is 446 g/mol. The molecule has 7 nitrogen and oxygen atoms in total. The Bertz CT molecular complexity index is 1130. The third-order valence-electron chi connectivity index (χ3n) is 5.97. The number of hydrogen-bond acceptors (Lipinski definition) is 6. The van der Waals surface area contributed by atoms with Gasteiger partial charge in [0.15, 0.2) is 0 Å². The maximum Gasteiger partial charge on any atom is 0.340 e. The van der Waals surface area contributed by atoms with Crippen molar-refractivity contribution < 1.29 is 14.3 Å². The van der Waals surface area contributed by atoms with E-state index in [1.54, 1.807) is 0 Å². The van der Waals surface area contributed by atoms with Crippen LogP contribution in [0.15, 0.2) is 54.6 Å². The molecule has 3 aromatic rings. The number of ether oxygens (including phenoxy) is 1. The van der Waals surface area contributed by atoms with Crippen molar-refractivity contribution in [2.24, 2.45) is 0 Å². The first-order chi connectivity index (χ1) is 16.0.